The number of carbonyl (C=O) groups is 1. The molecule has 0 atom stereocenters. The molecule has 1 amide bonds. The number of nitrogens with zero attached hydrogens (tertiary/aromatic N) is 2. The summed E-state index contributed by atoms with van der Waals surface area (Å²) in [4.78, 5) is 18.4. The van der Waals surface area contributed by atoms with E-state index in [1.807, 2.05) is 41.3 Å². The summed E-state index contributed by atoms with van der Waals surface area (Å²) in [7, 11) is 3.29. The molecular weight excluding hydrogens is 304 g/mol. The summed E-state index contributed by atoms with van der Waals surface area (Å²) in [6.07, 6.45) is 4.67. The molecule has 24 heavy (non-hydrogen) atoms. The smallest absolute Gasteiger partial charge is 0.223 e. The van der Waals surface area contributed by atoms with Crippen LogP contribution in [0, 0.1) is 0 Å². The molecule has 0 bridgehead atoms. The fourth-order valence-corrected chi connectivity index (χ4v) is 2.40. The molecule has 0 saturated carbocycles. The van der Waals surface area contributed by atoms with Gasteiger partial charge in [0.05, 0.1) is 13.7 Å². The summed E-state index contributed by atoms with van der Waals surface area (Å²) in [5.41, 5.74) is 2.19. The third-order valence-electron chi connectivity index (χ3n) is 3.83. The number of benzene rings is 1. The van der Waals surface area contributed by atoms with E-state index in [-0.39, 0.29) is 5.91 Å². The van der Waals surface area contributed by atoms with Crippen LogP contribution in [0.1, 0.15) is 17.5 Å². The van der Waals surface area contributed by atoms with Gasteiger partial charge in [-0.1, -0.05) is 12.1 Å². The number of aryl methyl sites for hydroxylation is 1. The Morgan fingerprint density at radius 3 is 2.38 bits per heavy atom. The molecule has 2 aromatic rings. The molecule has 0 saturated heterocycles. The van der Waals surface area contributed by atoms with Crippen molar-refractivity contribution in [3.05, 3.63) is 59.9 Å². The predicted octanol–water partition coefficient (Wildman–Crippen LogP) is 2.70. The zero-order chi connectivity index (χ0) is 17.2. The van der Waals surface area contributed by atoms with Crippen molar-refractivity contribution in [1.82, 2.24) is 9.88 Å². The van der Waals surface area contributed by atoms with Gasteiger partial charge in [-0.15, -0.1) is 0 Å². The second-order valence-corrected chi connectivity index (χ2v) is 5.51. The highest BCUT2D eigenvalue weighted by atomic mass is 16.5. The van der Waals surface area contributed by atoms with Crippen LogP contribution in [0.5, 0.6) is 5.75 Å². The van der Waals surface area contributed by atoms with Gasteiger partial charge in [0.1, 0.15) is 5.75 Å². The lowest BCUT2D eigenvalue weighted by Crippen LogP contribution is -2.33. The van der Waals surface area contributed by atoms with Crippen LogP contribution in [0.25, 0.3) is 0 Å². The standard InChI is InChI=1S/C19H24N2O3/c1-23-14-13-21(15-17-9-11-20-12-10-17)19(22)8-5-16-3-6-18(24-2)7-4-16/h3-4,6-7,9-12H,5,8,13-15H2,1-2H3. The fourth-order valence-electron chi connectivity index (χ4n) is 2.40. The fraction of sp³-hybridized carbons (Fsp3) is 0.368. The third-order valence-corrected chi connectivity index (χ3v) is 3.83. The van der Waals surface area contributed by atoms with Crippen molar-refractivity contribution < 1.29 is 14.3 Å². The molecule has 1 heterocycles. The lowest BCUT2D eigenvalue weighted by Gasteiger charge is -2.22. The molecular formula is C19H24N2O3. The van der Waals surface area contributed by atoms with E-state index in [9.17, 15) is 4.79 Å². The summed E-state index contributed by atoms with van der Waals surface area (Å²) in [5, 5.41) is 0. The number of pyridine rings is 1. The second-order valence-electron chi connectivity index (χ2n) is 5.51. The molecule has 0 spiro atoms. The van der Waals surface area contributed by atoms with Crippen LogP contribution in [-0.2, 0) is 22.5 Å². The van der Waals surface area contributed by atoms with Crippen LogP contribution in [0.15, 0.2) is 48.8 Å². The third kappa shape index (κ3) is 5.66. The molecule has 0 unspecified atom stereocenters. The normalized spacial score (nSPS) is 10.4. The van der Waals surface area contributed by atoms with E-state index in [1.165, 1.54) is 0 Å². The number of hydrogen-bond acceptors (Lipinski definition) is 4. The van der Waals surface area contributed by atoms with Crippen molar-refractivity contribution in [2.75, 3.05) is 27.4 Å². The molecule has 1 aromatic heterocycles. The highest BCUT2D eigenvalue weighted by Crippen LogP contribution is 2.13. The Kier molecular flexibility index (Phi) is 7.23. The average Bonchev–Trinajstić information content (AvgIpc) is 2.64. The summed E-state index contributed by atoms with van der Waals surface area (Å²) in [6, 6.07) is 11.7. The zero-order valence-electron chi connectivity index (χ0n) is 14.3. The Morgan fingerprint density at radius 1 is 1.04 bits per heavy atom. The number of rotatable bonds is 9. The van der Waals surface area contributed by atoms with Crippen LogP contribution in [0.2, 0.25) is 0 Å². The topological polar surface area (TPSA) is 51.7 Å². The van der Waals surface area contributed by atoms with Crippen LogP contribution < -0.4 is 4.74 Å². The molecule has 0 aliphatic rings. The van der Waals surface area contributed by atoms with E-state index in [0.29, 0.717) is 32.5 Å². The van der Waals surface area contributed by atoms with Gasteiger partial charge in [-0.05, 0) is 41.8 Å². The van der Waals surface area contributed by atoms with E-state index in [2.05, 4.69) is 4.98 Å². The molecule has 2 rings (SSSR count). The Balaban J connectivity index is 1.93. The maximum absolute atomic E-state index is 12.6. The maximum atomic E-state index is 12.6. The molecule has 1 aromatic carbocycles. The van der Waals surface area contributed by atoms with E-state index >= 15 is 0 Å². The first kappa shape index (κ1) is 17.9. The van der Waals surface area contributed by atoms with Gasteiger partial charge in [-0.3, -0.25) is 9.78 Å². The molecule has 0 aliphatic heterocycles. The predicted molar refractivity (Wildman–Crippen MR) is 92.8 cm³/mol. The van der Waals surface area contributed by atoms with Gasteiger partial charge < -0.3 is 14.4 Å². The van der Waals surface area contributed by atoms with Crippen LogP contribution in [-0.4, -0.2) is 43.2 Å². The van der Waals surface area contributed by atoms with Gasteiger partial charge in [0, 0.05) is 39.0 Å². The summed E-state index contributed by atoms with van der Waals surface area (Å²) in [6.45, 7) is 1.69. The SMILES string of the molecule is COCCN(Cc1ccncc1)C(=O)CCc1ccc(OC)cc1. The van der Waals surface area contributed by atoms with E-state index in [0.717, 1.165) is 16.9 Å². The maximum Gasteiger partial charge on any atom is 0.223 e. The molecule has 5 heteroatoms. The number of ether oxygens (including phenoxy) is 2. The number of amides is 1. The van der Waals surface area contributed by atoms with Gasteiger partial charge >= 0.3 is 0 Å². The molecule has 0 radical (unpaired) electrons. The molecule has 0 N–H and O–H groups in total. The lowest BCUT2D eigenvalue weighted by atomic mass is 10.1. The lowest BCUT2D eigenvalue weighted by molar-refractivity contribution is -0.132. The number of hydrogen-bond donors (Lipinski definition) is 0. The van der Waals surface area contributed by atoms with Gasteiger partial charge in [-0.2, -0.15) is 0 Å². The van der Waals surface area contributed by atoms with Gasteiger partial charge in [0.2, 0.25) is 5.91 Å². The largest absolute Gasteiger partial charge is 0.497 e. The summed E-state index contributed by atoms with van der Waals surface area (Å²) >= 11 is 0. The van der Waals surface area contributed by atoms with Crippen LogP contribution in [0.3, 0.4) is 0 Å². The number of methoxy groups -OCH3 is 2. The van der Waals surface area contributed by atoms with Gasteiger partial charge in [-0.25, -0.2) is 0 Å². The summed E-state index contributed by atoms with van der Waals surface area (Å²) in [5.74, 6) is 0.948. The van der Waals surface area contributed by atoms with E-state index < -0.39 is 0 Å². The Labute approximate surface area is 143 Å². The number of carbonyl (C=O) groups excluding carboxylic acids is 1. The molecule has 0 aliphatic carbocycles. The van der Waals surface area contributed by atoms with Crippen molar-refractivity contribution in [2.45, 2.75) is 19.4 Å². The quantitative estimate of drug-likeness (QED) is 0.710. The van der Waals surface area contributed by atoms with E-state index in [1.54, 1.807) is 26.6 Å². The summed E-state index contributed by atoms with van der Waals surface area (Å²) < 4.78 is 10.3. The monoisotopic (exact) mass is 328 g/mol. The highest BCUT2D eigenvalue weighted by molar-refractivity contribution is 5.76. The Hall–Kier alpha value is -2.40. The van der Waals surface area contributed by atoms with Gasteiger partial charge in [0.15, 0.2) is 0 Å². The van der Waals surface area contributed by atoms with Crippen molar-refractivity contribution >= 4 is 5.91 Å². The van der Waals surface area contributed by atoms with Crippen molar-refractivity contribution in [3.63, 3.8) is 0 Å². The average molecular weight is 328 g/mol. The molecule has 0 fully saturated rings. The van der Waals surface area contributed by atoms with E-state index in [4.69, 9.17) is 9.47 Å². The Morgan fingerprint density at radius 2 is 1.75 bits per heavy atom. The molecule has 5 nitrogen and oxygen atoms in total. The first-order valence-electron chi connectivity index (χ1n) is 8.01. The second kappa shape index (κ2) is 9.67. The van der Waals surface area contributed by atoms with Gasteiger partial charge in [0.25, 0.3) is 0 Å². The Bertz CT molecular complexity index is 614. The molecule has 128 valence electrons. The first-order valence-corrected chi connectivity index (χ1v) is 8.01. The number of aromatic nitrogens is 1. The highest BCUT2D eigenvalue weighted by Gasteiger charge is 2.14. The minimum absolute atomic E-state index is 0.125. The minimum Gasteiger partial charge on any atom is -0.497 e. The zero-order valence-corrected chi connectivity index (χ0v) is 14.3. The van der Waals surface area contributed by atoms with Crippen LogP contribution in [0.4, 0.5) is 0 Å². The minimum atomic E-state index is 0.125. The van der Waals surface area contributed by atoms with Crippen LogP contribution >= 0.6 is 0 Å². The van der Waals surface area contributed by atoms with Crippen molar-refractivity contribution in [2.24, 2.45) is 0 Å². The van der Waals surface area contributed by atoms with Crippen molar-refractivity contribution in [3.8, 4) is 5.75 Å². The first-order chi connectivity index (χ1) is 11.7. The van der Waals surface area contributed by atoms with Crippen molar-refractivity contribution in [1.29, 1.82) is 0 Å².